The Morgan fingerprint density at radius 3 is 2.56 bits per heavy atom. The van der Waals surface area contributed by atoms with Gasteiger partial charge in [-0.05, 0) is 37.6 Å². The zero-order valence-electron chi connectivity index (χ0n) is 9.46. The van der Waals surface area contributed by atoms with E-state index in [0.717, 1.165) is 12.1 Å². The molecule has 1 aromatic carbocycles. The molecule has 1 unspecified atom stereocenters. The molecule has 2 rings (SSSR count). The number of anilines is 1. The summed E-state index contributed by atoms with van der Waals surface area (Å²) in [6.07, 6.45) is 0.836. The molecular weight excluding hydrogens is 224 g/mol. The van der Waals surface area contributed by atoms with Crippen LogP contribution in [-0.4, -0.2) is 12.5 Å². The molecule has 0 bridgehead atoms. The minimum Gasteiger partial charge on any atom is -0.284 e. The van der Waals surface area contributed by atoms with Crippen molar-refractivity contribution in [2.24, 2.45) is 5.41 Å². The van der Waals surface area contributed by atoms with Crippen LogP contribution in [-0.2, 0) is 4.79 Å². The molecule has 1 aliphatic heterocycles. The second-order valence-electron chi connectivity index (χ2n) is 4.42. The predicted molar refractivity (Wildman–Crippen MR) is 65.3 cm³/mol. The number of amides is 1. The monoisotopic (exact) mass is 238 g/mol. The summed E-state index contributed by atoms with van der Waals surface area (Å²) in [5, 5.41) is 2.58. The van der Waals surface area contributed by atoms with Crippen LogP contribution >= 0.6 is 11.6 Å². The molecule has 4 heteroatoms. The Morgan fingerprint density at radius 1 is 1.44 bits per heavy atom. The van der Waals surface area contributed by atoms with Crippen LogP contribution in [0.5, 0.6) is 0 Å². The number of carbonyl (C=O) groups is 1. The first-order chi connectivity index (χ1) is 7.55. The minimum absolute atomic E-state index is 0.0879. The fraction of sp³-hybridized carbons (Fsp3) is 0.417. The highest BCUT2D eigenvalue weighted by molar-refractivity contribution is 6.30. The van der Waals surface area contributed by atoms with Gasteiger partial charge >= 0.3 is 0 Å². The topological polar surface area (TPSA) is 32.3 Å². The summed E-state index contributed by atoms with van der Waals surface area (Å²) in [6, 6.07) is 7.46. The van der Waals surface area contributed by atoms with Crippen LogP contribution in [0.15, 0.2) is 24.3 Å². The number of hydrogen-bond donors (Lipinski definition) is 1. The van der Waals surface area contributed by atoms with Crippen molar-refractivity contribution in [2.75, 3.05) is 11.6 Å². The summed E-state index contributed by atoms with van der Waals surface area (Å²) in [5.41, 5.74) is 3.56. The van der Waals surface area contributed by atoms with Gasteiger partial charge in [-0.3, -0.25) is 15.2 Å². The van der Waals surface area contributed by atoms with Crippen molar-refractivity contribution >= 4 is 23.2 Å². The molecule has 0 saturated carbocycles. The number of hydrazine groups is 1. The Kier molecular flexibility index (Phi) is 2.80. The fourth-order valence-electron chi connectivity index (χ4n) is 1.77. The van der Waals surface area contributed by atoms with Gasteiger partial charge in [0.05, 0.1) is 17.6 Å². The summed E-state index contributed by atoms with van der Waals surface area (Å²) in [7, 11) is 0. The highest BCUT2D eigenvalue weighted by atomic mass is 35.5. The van der Waals surface area contributed by atoms with E-state index in [-0.39, 0.29) is 11.3 Å². The lowest BCUT2D eigenvalue weighted by Crippen LogP contribution is -2.33. The van der Waals surface area contributed by atoms with Gasteiger partial charge in [-0.1, -0.05) is 18.5 Å². The molecule has 0 aliphatic carbocycles. The third-order valence-electron chi connectivity index (χ3n) is 3.21. The van der Waals surface area contributed by atoms with Crippen molar-refractivity contribution in [1.82, 2.24) is 5.43 Å². The lowest BCUT2D eigenvalue weighted by atomic mass is 9.88. The van der Waals surface area contributed by atoms with Crippen molar-refractivity contribution in [3.63, 3.8) is 0 Å². The average Bonchev–Trinajstić information content (AvgIpc) is 2.57. The molecule has 1 saturated heterocycles. The number of carbonyl (C=O) groups excluding carboxylic acids is 1. The van der Waals surface area contributed by atoms with Gasteiger partial charge in [-0.25, -0.2) is 0 Å². The third-order valence-corrected chi connectivity index (χ3v) is 3.46. The molecule has 1 atom stereocenters. The number of hydrogen-bond acceptors (Lipinski definition) is 2. The normalized spacial score (nSPS) is 24.7. The van der Waals surface area contributed by atoms with Crippen molar-refractivity contribution in [3.8, 4) is 0 Å². The van der Waals surface area contributed by atoms with Crippen LogP contribution in [0.3, 0.4) is 0 Å². The third kappa shape index (κ3) is 1.87. The molecule has 3 nitrogen and oxygen atoms in total. The number of nitrogens with zero attached hydrogens (tertiary/aromatic N) is 1. The number of halogens is 1. The van der Waals surface area contributed by atoms with E-state index in [1.807, 2.05) is 43.1 Å². The van der Waals surface area contributed by atoms with Gasteiger partial charge in [-0.2, -0.15) is 0 Å². The molecule has 0 radical (unpaired) electrons. The van der Waals surface area contributed by atoms with Crippen LogP contribution in [0, 0.1) is 5.41 Å². The van der Waals surface area contributed by atoms with Crippen molar-refractivity contribution in [2.45, 2.75) is 20.3 Å². The van der Waals surface area contributed by atoms with E-state index in [2.05, 4.69) is 5.43 Å². The van der Waals surface area contributed by atoms with E-state index < -0.39 is 0 Å². The number of nitrogens with one attached hydrogen (secondary N) is 1. The maximum atomic E-state index is 11.8. The molecule has 86 valence electrons. The van der Waals surface area contributed by atoms with Crippen LogP contribution in [0.4, 0.5) is 5.69 Å². The number of benzene rings is 1. The summed E-state index contributed by atoms with van der Waals surface area (Å²) in [4.78, 5) is 11.8. The molecular formula is C12H15ClN2O. The van der Waals surface area contributed by atoms with Crippen molar-refractivity contribution in [3.05, 3.63) is 29.3 Å². The first-order valence-electron chi connectivity index (χ1n) is 5.39. The van der Waals surface area contributed by atoms with E-state index in [9.17, 15) is 4.79 Å². The highest BCUT2D eigenvalue weighted by Crippen LogP contribution is 2.30. The Bertz CT molecular complexity index is 404. The lowest BCUT2D eigenvalue weighted by molar-refractivity contribution is -0.126. The van der Waals surface area contributed by atoms with E-state index in [1.54, 1.807) is 0 Å². The van der Waals surface area contributed by atoms with Crippen LogP contribution in [0.2, 0.25) is 5.02 Å². The van der Waals surface area contributed by atoms with Gasteiger partial charge < -0.3 is 0 Å². The summed E-state index contributed by atoms with van der Waals surface area (Å²) in [5.74, 6) is 0.0879. The molecule has 1 aliphatic rings. The summed E-state index contributed by atoms with van der Waals surface area (Å²) < 4.78 is 0. The Morgan fingerprint density at radius 2 is 2.06 bits per heavy atom. The number of rotatable bonds is 2. The molecule has 16 heavy (non-hydrogen) atoms. The second-order valence-corrected chi connectivity index (χ2v) is 4.85. The lowest BCUT2D eigenvalue weighted by Gasteiger charge is -2.20. The zero-order chi connectivity index (χ0) is 11.8. The van der Waals surface area contributed by atoms with Crippen LogP contribution in [0.1, 0.15) is 20.3 Å². The van der Waals surface area contributed by atoms with Gasteiger partial charge in [0, 0.05) is 5.02 Å². The molecule has 0 spiro atoms. The molecule has 1 amide bonds. The van der Waals surface area contributed by atoms with E-state index in [4.69, 9.17) is 11.6 Å². The largest absolute Gasteiger partial charge is 0.284 e. The van der Waals surface area contributed by atoms with Gasteiger partial charge in [-0.15, -0.1) is 0 Å². The maximum Gasteiger partial charge on any atom is 0.246 e. The first-order valence-corrected chi connectivity index (χ1v) is 5.77. The van der Waals surface area contributed by atoms with E-state index >= 15 is 0 Å². The van der Waals surface area contributed by atoms with Crippen LogP contribution in [0.25, 0.3) is 0 Å². The fourth-order valence-corrected chi connectivity index (χ4v) is 1.89. The second kappa shape index (κ2) is 3.98. The summed E-state index contributed by atoms with van der Waals surface area (Å²) >= 11 is 5.82. The Labute approximate surface area is 100 Å². The van der Waals surface area contributed by atoms with E-state index in [1.165, 1.54) is 0 Å². The van der Waals surface area contributed by atoms with Gasteiger partial charge in [0.15, 0.2) is 0 Å². The standard InChI is InChI=1S/C12H15ClN2O/c1-3-12(2)8-15(14-11(12)16)10-6-4-9(13)5-7-10/h4-7H,3,8H2,1-2H3,(H,14,16). The maximum absolute atomic E-state index is 11.8. The smallest absolute Gasteiger partial charge is 0.246 e. The predicted octanol–water partition coefficient (Wildman–Crippen LogP) is 2.61. The zero-order valence-corrected chi connectivity index (χ0v) is 10.2. The Hall–Kier alpha value is -1.22. The minimum atomic E-state index is -0.292. The molecule has 0 aromatic heterocycles. The van der Waals surface area contributed by atoms with Crippen molar-refractivity contribution < 1.29 is 4.79 Å². The summed E-state index contributed by atoms with van der Waals surface area (Å²) in [6.45, 7) is 4.72. The first kappa shape index (κ1) is 11.3. The molecule has 1 aromatic rings. The van der Waals surface area contributed by atoms with Crippen molar-refractivity contribution in [1.29, 1.82) is 0 Å². The highest BCUT2D eigenvalue weighted by Gasteiger charge is 2.40. The van der Waals surface area contributed by atoms with Gasteiger partial charge in [0.25, 0.3) is 0 Å². The molecule has 1 N–H and O–H groups in total. The van der Waals surface area contributed by atoms with Gasteiger partial charge in [0.2, 0.25) is 5.91 Å². The molecule has 1 fully saturated rings. The van der Waals surface area contributed by atoms with Crippen LogP contribution < -0.4 is 10.4 Å². The molecule has 1 heterocycles. The van der Waals surface area contributed by atoms with Gasteiger partial charge in [0.1, 0.15) is 0 Å². The quantitative estimate of drug-likeness (QED) is 0.859. The SMILES string of the molecule is CCC1(C)CN(c2ccc(Cl)cc2)NC1=O. The Balaban J connectivity index is 2.20. The average molecular weight is 239 g/mol. The van der Waals surface area contributed by atoms with E-state index in [0.29, 0.717) is 11.6 Å².